The molecule has 1 aromatic carbocycles. The number of hydrogen-bond acceptors (Lipinski definition) is 2. The lowest BCUT2D eigenvalue weighted by Gasteiger charge is -2.09. The number of benzene rings is 1. The molecule has 0 aliphatic heterocycles. The third-order valence-corrected chi connectivity index (χ3v) is 2.29. The van der Waals surface area contributed by atoms with Crippen LogP contribution >= 0.6 is 11.6 Å². The van der Waals surface area contributed by atoms with Gasteiger partial charge >= 0.3 is 0 Å². The largest absolute Gasteiger partial charge is 0.506 e. The Morgan fingerprint density at radius 2 is 2.21 bits per heavy atom. The van der Waals surface area contributed by atoms with Crippen LogP contribution in [0.3, 0.4) is 0 Å². The maximum atomic E-state index is 13.2. The van der Waals surface area contributed by atoms with Gasteiger partial charge in [0.2, 0.25) is 0 Å². The second-order valence-electron chi connectivity index (χ2n) is 3.17. The summed E-state index contributed by atoms with van der Waals surface area (Å²) >= 11 is 5.57. The zero-order chi connectivity index (χ0) is 10.9. The molecule has 1 rings (SSSR count). The second-order valence-corrected chi connectivity index (χ2v) is 3.58. The molecule has 0 aliphatic rings. The molecule has 0 atom stereocenters. The summed E-state index contributed by atoms with van der Waals surface area (Å²) in [5.41, 5.74) is 0.532. The van der Waals surface area contributed by atoms with Crippen LogP contribution in [0.1, 0.15) is 18.1 Å². The molecule has 14 heavy (non-hydrogen) atoms. The van der Waals surface area contributed by atoms with Crippen LogP contribution in [0.4, 0.5) is 4.39 Å². The van der Waals surface area contributed by atoms with E-state index in [4.69, 9.17) is 11.6 Å². The minimum absolute atomic E-state index is 0.00481. The van der Waals surface area contributed by atoms with Gasteiger partial charge in [-0.3, -0.25) is 4.79 Å². The van der Waals surface area contributed by atoms with Gasteiger partial charge in [0.25, 0.3) is 0 Å². The Balaban J connectivity index is 3.31. The van der Waals surface area contributed by atoms with Gasteiger partial charge in [-0.1, -0.05) is 11.6 Å². The fourth-order valence-corrected chi connectivity index (χ4v) is 1.43. The van der Waals surface area contributed by atoms with Crippen molar-refractivity contribution in [3.05, 3.63) is 28.0 Å². The number of phenolic OH excluding ortho intramolecular Hbond substituents is 1. The number of ketones is 1. The van der Waals surface area contributed by atoms with E-state index in [1.54, 1.807) is 0 Å². The molecule has 0 aromatic heterocycles. The molecule has 0 saturated carbocycles. The van der Waals surface area contributed by atoms with E-state index in [0.29, 0.717) is 0 Å². The van der Waals surface area contributed by atoms with Crippen LogP contribution < -0.4 is 0 Å². The first-order valence-corrected chi connectivity index (χ1v) is 4.47. The highest BCUT2D eigenvalue weighted by molar-refractivity contribution is 6.32. The summed E-state index contributed by atoms with van der Waals surface area (Å²) in [5, 5.41) is 9.44. The monoisotopic (exact) mass is 216 g/mol. The van der Waals surface area contributed by atoms with Crippen molar-refractivity contribution in [1.82, 2.24) is 0 Å². The number of aromatic hydroxyl groups is 1. The number of carbonyl (C=O) groups is 1. The highest BCUT2D eigenvalue weighted by Crippen LogP contribution is 2.32. The lowest BCUT2D eigenvalue weighted by molar-refractivity contribution is -0.116. The predicted octanol–water partition coefficient (Wildman–Crippen LogP) is 2.62. The smallest absolute Gasteiger partial charge is 0.138 e. The summed E-state index contributed by atoms with van der Waals surface area (Å²) < 4.78 is 13.2. The van der Waals surface area contributed by atoms with Crippen LogP contribution in [0, 0.1) is 12.7 Å². The van der Waals surface area contributed by atoms with Gasteiger partial charge in [0.15, 0.2) is 0 Å². The van der Waals surface area contributed by atoms with Crippen molar-refractivity contribution in [2.45, 2.75) is 20.3 Å². The van der Waals surface area contributed by atoms with Gasteiger partial charge < -0.3 is 5.11 Å². The van der Waals surface area contributed by atoms with Gasteiger partial charge in [-0.25, -0.2) is 4.39 Å². The van der Waals surface area contributed by atoms with Gasteiger partial charge in [0.1, 0.15) is 17.3 Å². The van der Waals surface area contributed by atoms with E-state index in [2.05, 4.69) is 0 Å². The SMILES string of the molecule is CC(=O)Cc1c(C)c(F)cc(Cl)c1O. The molecular formula is C10H10ClFO2. The molecule has 0 spiro atoms. The minimum Gasteiger partial charge on any atom is -0.506 e. The van der Waals surface area contributed by atoms with E-state index in [1.807, 2.05) is 0 Å². The Bertz CT molecular complexity index is 362. The van der Waals surface area contributed by atoms with E-state index in [9.17, 15) is 14.3 Å². The predicted molar refractivity (Wildman–Crippen MR) is 52.2 cm³/mol. The maximum Gasteiger partial charge on any atom is 0.138 e. The van der Waals surface area contributed by atoms with E-state index in [-0.39, 0.29) is 34.1 Å². The lowest BCUT2D eigenvalue weighted by atomic mass is 10.0. The normalized spacial score (nSPS) is 10.3. The zero-order valence-corrected chi connectivity index (χ0v) is 8.65. The number of Topliss-reactive ketones (excluding diaryl/α,β-unsaturated/α-hetero) is 1. The summed E-state index contributed by atoms with van der Waals surface area (Å²) in [5.74, 6) is -0.866. The zero-order valence-electron chi connectivity index (χ0n) is 7.90. The molecule has 4 heteroatoms. The van der Waals surface area contributed by atoms with Crippen molar-refractivity contribution in [3.63, 3.8) is 0 Å². The molecule has 0 heterocycles. The molecule has 1 N–H and O–H groups in total. The third kappa shape index (κ3) is 2.04. The van der Waals surface area contributed by atoms with Crippen molar-refractivity contribution >= 4 is 17.4 Å². The Morgan fingerprint density at radius 1 is 1.64 bits per heavy atom. The standard InChI is InChI=1S/C10H10ClFO2/c1-5(13)3-7-6(2)9(12)4-8(11)10(7)14/h4,14H,3H2,1-2H3. The summed E-state index contributed by atoms with van der Waals surface area (Å²) in [7, 11) is 0. The minimum atomic E-state index is -0.510. The first-order chi connectivity index (χ1) is 6.43. The number of phenols is 1. The first-order valence-electron chi connectivity index (χ1n) is 4.09. The van der Waals surface area contributed by atoms with E-state index in [1.165, 1.54) is 13.8 Å². The van der Waals surface area contributed by atoms with Crippen molar-refractivity contribution in [2.75, 3.05) is 0 Å². The number of halogens is 2. The Hall–Kier alpha value is -1.09. The van der Waals surface area contributed by atoms with Gasteiger partial charge in [-0.15, -0.1) is 0 Å². The molecule has 0 radical (unpaired) electrons. The van der Waals surface area contributed by atoms with E-state index in [0.717, 1.165) is 6.07 Å². The fraction of sp³-hybridized carbons (Fsp3) is 0.300. The van der Waals surface area contributed by atoms with Crippen LogP contribution in [0.2, 0.25) is 5.02 Å². The van der Waals surface area contributed by atoms with Gasteiger partial charge in [-0.05, 0) is 25.5 Å². The lowest BCUT2D eigenvalue weighted by Crippen LogP contribution is -2.01. The number of rotatable bonds is 2. The van der Waals surface area contributed by atoms with Crippen LogP contribution in [-0.2, 0) is 11.2 Å². The topological polar surface area (TPSA) is 37.3 Å². The van der Waals surface area contributed by atoms with Crippen LogP contribution in [-0.4, -0.2) is 10.9 Å². The van der Waals surface area contributed by atoms with Crippen molar-refractivity contribution in [1.29, 1.82) is 0 Å². The van der Waals surface area contributed by atoms with Crippen molar-refractivity contribution in [3.8, 4) is 5.75 Å². The molecule has 1 aromatic rings. The van der Waals surface area contributed by atoms with Crippen molar-refractivity contribution in [2.24, 2.45) is 0 Å². The Kier molecular flexibility index (Phi) is 3.11. The molecule has 2 nitrogen and oxygen atoms in total. The van der Waals surface area contributed by atoms with E-state index >= 15 is 0 Å². The molecule has 76 valence electrons. The Labute approximate surface area is 86.3 Å². The van der Waals surface area contributed by atoms with Crippen LogP contribution in [0.5, 0.6) is 5.75 Å². The molecule has 0 amide bonds. The Morgan fingerprint density at radius 3 is 2.71 bits per heavy atom. The van der Waals surface area contributed by atoms with Crippen molar-refractivity contribution < 1.29 is 14.3 Å². The quantitative estimate of drug-likeness (QED) is 0.825. The van der Waals surface area contributed by atoms with Gasteiger partial charge in [0, 0.05) is 12.0 Å². The average molecular weight is 217 g/mol. The first kappa shape index (κ1) is 11.0. The maximum absolute atomic E-state index is 13.2. The molecule has 0 aliphatic carbocycles. The highest BCUT2D eigenvalue weighted by atomic mass is 35.5. The molecule has 0 bridgehead atoms. The van der Waals surface area contributed by atoms with Gasteiger partial charge in [0.05, 0.1) is 5.02 Å². The molecule has 0 unspecified atom stereocenters. The number of hydrogen-bond donors (Lipinski definition) is 1. The second kappa shape index (κ2) is 3.96. The summed E-state index contributed by atoms with van der Waals surface area (Å²) in [6, 6.07) is 1.04. The fourth-order valence-electron chi connectivity index (χ4n) is 1.22. The highest BCUT2D eigenvalue weighted by Gasteiger charge is 2.14. The van der Waals surface area contributed by atoms with Gasteiger partial charge in [-0.2, -0.15) is 0 Å². The summed E-state index contributed by atoms with van der Waals surface area (Å²) in [6.07, 6.45) is -0.00481. The summed E-state index contributed by atoms with van der Waals surface area (Å²) in [6.45, 7) is 2.88. The molecule has 0 saturated heterocycles. The average Bonchev–Trinajstić information content (AvgIpc) is 2.09. The molecule has 0 fully saturated rings. The number of carbonyl (C=O) groups excluding carboxylic acids is 1. The summed E-state index contributed by atoms with van der Waals surface area (Å²) in [4.78, 5) is 10.9. The van der Waals surface area contributed by atoms with E-state index < -0.39 is 5.82 Å². The third-order valence-electron chi connectivity index (χ3n) is 2.00. The van der Waals surface area contributed by atoms with Crippen LogP contribution in [0.15, 0.2) is 6.07 Å². The molecular weight excluding hydrogens is 207 g/mol. The van der Waals surface area contributed by atoms with Crippen LogP contribution in [0.25, 0.3) is 0 Å².